The minimum absolute atomic E-state index is 0.392. The molecule has 0 aromatic heterocycles. The molecule has 0 radical (unpaired) electrons. The van der Waals surface area contributed by atoms with Crippen LogP contribution in [0.5, 0.6) is 0 Å². The van der Waals surface area contributed by atoms with Crippen molar-refractivity contribution < 1.29 is 59.1 Å². The molecule has 0 spiro atoms. The SMILES string of the molecule is CO[C@@H]1OC(CO)[C@@H](O[C@@H]2O[C@@H](CO)[C@@H](O[C@@H]3OC(CO)[C@H](C)[C@@H](O)C3N)C(O)C2N)[C@@H](O)C1N. The highest BCUT2D eigenvalue weighted by atomic mass is 16.7. The highest BCUT2D eigenvalue weighted by Gasteiger charge is 2.52. The fourth-order valence-electron chi connectivity index (χ4n) is 4.61. The van der Waals surface area contributed by atoms with Gasteiger partial charge in [0.2, 0.25) is 0 Å². The average Bonchev–Trinajstić information content (AvgIpc) is 2.86. The molecule has 0 bridgehead atoms. The van der Waals surface area contributed by atoms with E-state index in [9.17, 15) is 30.6 Å². The first-order chi connectivity index (χ1) is 16.6. The van der Waals surface area contributed by atoms with Gasteiger partial charge in [-0.2, -0.15) is 0 Å². The molecule has 0 saturated carbocycles. The summed E-state index contributed by atoms with van der Waals surface area (Å²) in [6, 6.07) is -3.27. The van der Waals surface area contributed by atoms with E-state index in [0.29, 0.717) is 0 Å². The third-order valence-electron chi connectivity index (χ3n) is 6.94. The first-order valence-corrected chi connectivity index (χ1v) is 11.5. The van der Waals surface area contributed by atoms with Crippen LogP contribution in [0.3, 0.4) is 0 Å². The zero-order valence-corrected chi connectivity index (χ0v) is 19.6. The van der Waals surface area contributed by atoms with Gasteiger partial charge in [-0.15, -0.1) is 0 Å². The number of aliphatic hydroxyl groups is 6. The first-order valence-electron chi connectivity index (χ1n) is 11.5. The van der Waals surface area contributed by atoms with E-state index in [-0.39, 0.29) is 0 Å². The van der Waals surface area contributed by atoms with Gasteiger partial charge in [-0.25, -0.2) is 0 Å². The molecule has 35 heavy (non-hydrogen) atoms. The number of rotatable bonds is 8. The van der Waals surface area contributed by atoms with Crippen molar-refractivity contribution in [3.63, 3.8) is 0 Å². The van der Waals surface area contributed by atoms with E-state index in [4.69, 9.17) is 45.6 Å². The van der Waals surface area contributed by atoms with Gasteiger partial charge in [0.25, 0.3) is 0 Å². The van der Waals surface area contributed by atoms with Crippen molar-refractivity contribution >= 4 is 0 Å². The lowest BCUT2D eigenvalue weighted by Crippen LogP contribution is -2.69. The van der Waals surface area contributed by atoms with E-state index in [1.54, 1.807) is 6.92 Å². The summed E-state index contributed by atoms with van der Waals surface area (Å²) in [5, 5.41) is 61.0. The van der Waals surface area contributed by atoms with Crippen LogP contribution in [0.15, 0.2) is 0 Å². The zero-order valence-electron chi connectivity index (χ0n) is 19.6. The van der Waals surface area contributed by atoms with Crippen LogP contribution in [-0.4, -0.2) is 143 Å². The summed E-state index contributed by atoms with van der Waals surface area (Å²) >= 11 is 0. The van der Waals surface area contributed by atoms with Crippen molar-refractivity contribution in [2.45, 2.75) is 92.8 Å². The number of nitrogens with two attached hydrogens (primary N) is 3. The van der Waals surface area contributed by atoms with Crippen molar-refractivity contribution in [3.8, 4) is 0 Å². The fraction of sp³-hybridized carbons (Fsp3) is 1.00. The van der Waals surface area contributed by atoms with E-state index in [1.165, 1.54) is 7.11 Å². The molecule has 3 heterocycles. The predicted octanol–water partition coefficient (Wildman–Crippen LogP) is -5.74. The topological polar surface area (TPSA) is 255 Å². The van der Waals surface area contributed by atoms with Gasteiger partial charge in [0.15, 0.2) is 18.9 Å². The summed E-state index contributed by atoms with van der Waals surface area (Å²) in [5.74, 6) is -0.469. The van der Waals surface area contributed by atoms with Crippen molar-refractivity contribution in [2.24, 2.45) is 23.1 Å². The summed E-state index contributed by atoms with van der Waals surface area (Å²) in [5.41, 5.74) is 18.1. The molecular weight excluding hydrogens is 474 g/mol. The maximum absolute atomic E-state index is 10.9. The Morgan fingerprint density at radius 1 is 0.629 bits per heavy atom. The van der Waals surface area contributed by atoms with E-state index < -0.39 is 112 Å². The molecule has 0 amide bonds. The van der Waals surface area contributed by atoms with Crippen LogP contribution < -0.4 is 17.2 Å². The van der Waals surface area contributed by atoms with Crippen LogP contribution in [0, 0.1) is 5.92 Å². The van der Waals surface area contributed by atoms with E-state index in [0.717, 1.165) is 0 Å². The molecule has 15 heteroatoms. The molecule has 3 rings (SSSR count). The molecule has 12 N–H and O–H groups in total. The van der Waals surface area contributed by atoms with Gasteiger partial charge in [0.05, 0.1) is 50.2 Å². The largest absolute Gasteiger partial charge is 0.394 e. The van der Waals surface area contributed by atoms with Gasteiger partial charge in [-0.1, -0.05) is 6.92 Å². The number of hydrogen-bond acceptors (Lipinski definition) is 15. The Kier molecular flexibility index (Phi) is 10.2. The molecule has 15 atom stereocenters. The molecule has 15 nitrogen and oxygen atoms in total. The lowest BCUT2D eigenvalue weighted by molar-refractivity contribution is -0.347. The minimum atomic E-state index is -1.47. The minimum Gasteiger partial charge on any atom is -0.394 e. The van der Waals surface area contributed by atoms with Crippen molar-refractivity contribution in [1.29, 1.82) is 0 Å². The van der Waals surface area contributed by atoms with Crippen molar-refractivity contribution in [2.75, 3.05) is 26.9 Å². The second kappa shape index (κ2) is 12.3. The molecule has 3 aliphatic heterocycles. The highest BCUT2D eigenvalue weighted by Crippen LogP contribution is 2.32. The van der Waals surface area contributed by atoms with Crippen LogP contribution in [0.25, 0.3) is 0 Å². The van der Waals surface area contributed by atoms with Gasteiger partial charge < -0.3 is 76.3 Å². The van der Waals surface area contributed by atoms with E-state index in [2.05, 4.69) is 0 Å². The monoisotopic (exact) mass is 513 g/mol. The standard InChI is InChI=1S/C20H39N3O12/c1-6-7(3-24)31-19(10(21)13(6)27)34-17-9(5-26)33-20(12(23)15(17)29)35-16-8(4-25)32-18(30-2)11(22)14(16)28/h6-20,24-29H,3-5,21-23H2,1-2H3/t6-,7?,8?,9-,10?,11?,12?,13+,14-,15?,16+,17+,18+,19-,20-/m0/s1. The van der Waals surface area contributed by atoms with Gasteiger partial charge in [0.1, 0.15) is 36.6 Å². The van der Waals surface area contributed by atoms with E-state index in [1.807, 2.05) is 0 Å². The van der Waals surface area contributed by atoms with Crippen LogP contribution in [0.1, 0.15) is 6.92 Å². The molecule has 3 aliphatic rings. The lowest BCUT2D eigenvalue weighted by atomic mass is 9.89. The van der Waals surface area contributed by atoms with Crippen LogP contribution >= 0.6 is 0 Å². The molecule has 3 fully saturated rings. The Morgan fingerprint density at radius 2 is 1.00 bits per heavy atom. The Labute approximate surface area is 202 Å². The fourth-order valence-corrected chi connectivity index (χ4v) is 4.61. The zero-order chi connectivity index (χ0) is 26.0. The Bertz CT molecular complexity index is 661. The first kappa shape index (κ1) is 29.0. The molecule has 0 aliphatic carbocycles. The van der Waals surface area contributed by atoms with Crippen molar-refractivity contribution in [1.82, 2.24) is 0 Å². The predicted molar refractivity (Wildman–Crippen MR) is 115 cm³/mol. The molecule has 6 unspecified atom stereocenters. The maximum Gasteiger partial charge on any atom is 0.176 e. The summed E-state index contributed by atoms with van der Waals surface area (Å²) in [4.78, 5) is 0. The number of ether oxygens (including phenoxy) is 6. The number of methoxy groups -OCH3 is 1. The average molecular weight is 514 g/mol. The molecule has 206 valence electrons. The van der Waals surface area contributed by atoms with Crippen LogP contribution in [0.4, 0.5) is 0 Å². The normalized spacial score (nSPS) is 51.3. The van der Waals surface area contributed by atoms with Gasteiger partial charge >= 0.3 is 0 Å². The smallest absolute Gasteiger partial charge is 0.176 e. The number of hydrogen-bond donors (Lipinski definition) is 9. The van der Waals surface area contributed by atoms with Gasteiger partial charge in [0, 0.05) is 13.0 Å². The van der Waals surface area contributed by atoms with Crippen molar-refractivity contribution in [3.05, 3.63) is 0 Å². The molecular formula is C20H39N3O12. The third kappa shape index (κ3) is 5.79. The lowest BCUT2D eigenvalue weighted by Gasteiger charge is -2.49. The molecule has 0 aromatic carbocycles. The van der Waals surface area contributed by atoms with Crippen LogP contribution in [0.2, 0.25) is 0 Å². The molecule has 0 aromatic rings. The summed E-state index contributed by atoms with van der Waals surface area (Å²) in [7, 11) is 1.33. The van der Waals surface area contributed by atoms with Gasteiger partial charge in [-0.3, -0.25) is 0 Å². The summed E-state index contributed by atoms with van der Waals surface area (Å²) in [6.07, 6.45) is -12.9. The summed E-state index contributed by atoms with van der Waals surface area (Å²) < 4.78 is 33.5. The maximum atomic E-state index is 10.9. The number of aliphatic hydroxyl groups excluding tert-OH is 6. The summed E-state index contributed by atoms with van der Waals surface area (Å²) in [6.45, 7) is 0.102. The quantitative estimate of drug-likeness (QED) is 0.146. The molecule has 3 saturated heterocycles. The Balaban J connectivity index is 1.72. The van der Waals surface area contributed by atoms with Gasteiger partial charge in [-0.05, 0) is 0 Å². The highest BCUT2D eigenvalue weighted by molar-refractivity contribution is 4.98. The second-order valence-corrected chi connectivity index (χ2v) is 9.18. The second-order valence-electron chi connectivity index (χ2n) is 9.18. The Morgan fingerprint density at radius 3 is 1.43 bits per heavy atom. The van der Waals surface area contributed by atoms with E-state index >= 15 is 0 Å². The third-order valence-corrected chi connectivity index (χ3v) is 6.94. The Hall–Kier alpha value is -0.600. The van der Waals surface area contributed by atoms with Crippen LogP contribution in [-0.2, 0) is 28.4 Å².